The standard InChI is InChI=1S/C24H28N8O2/c1-14-20(27-11-19(25)29-14)18-8-7-17(10-26-18)24(4,16-5-6-16)22-30-21(34-31-22)15-9-28-32(12-15)13-23(2,3)33/h7-12,16,33H,5-6,13H2,1-4H3,(H2,25,29)/t24-/m1/s1. The molecule has 0 saturated heterocycles. The van der Waals surface area contributed by atoms with Crippen LogP contribution in [0.5, 0.6) is 0 Å². The second-order valence-electron chi connectivity index (χ2n) is 9.80. The van der Waals surface area contributed by atoms with E-state index in [-0.39, 0.29) is 0 Å². The Labute approximate surface area is 197 Å². The molecule has 4 heterocycles. The summed E-state index contributed by atoms with van der Waals surface area (Å²) in [6, 6.07) is 4.00. The molecule has 0 amide bonds. The maximum absolute atomic E-state index is 10.0. The summed E-state index contributed by atoms with van der Waals surface area (Å²) in [5, 5.41) is 18.7. The Morgan fingerprint density at radius 2 is 1.91 bits per heavy atom. The van der Waals surface area contributed by atoms with E-state index >= 15 is 0 Å². The van der Waals surface area contributed by atoms with Gasteiger partial charge in [-0.1, -0.05) is 11.2 Å². The van der Waals surface area contributed by atoms with Crippen molar-refractivity contribution in [1.29, 1.82) is 0 Å². The number of nitrogen functional groups attached to an aromatic ring is 1. The second kappa shape index (κ2) is 7.98. The first kappa shape index (κ1) is 22.1. The first-order chi connectivity index (χ1) is 16.1. The van der Waals surface area contributed by atoms with Crippen LogP contribution in [-0.2, 0) is 12.0 Å². The highest BCUT2D eigenvalue weighted by molar-refractivity contribution is 5.58. The SMILES string of the molecule is Cc1nc(N)cnc1-c1ccc([C@](C)(c2noc(-c3cnn(CC(C)(C)O)c3)n2)C2CC2)cn1. The minimum atomic E-state index is -0.872. The fourth-order valence-electron chi connectivity index (χ4n) is 4.31. The van der Waals surface area contributed by atoms with Gasteiger partial charge < -0.3 is 15.4 Å². The van der Waals surface area contributed by atoms with Gasteiger partial charge in [-0.2, -0.15) is 10.1 Å². The van der Waals surface area contributed by atoms with Gasteiger partial charge in [-0.25, -0.2) is 9.97 Å². The van der Waals surface area contributed by atoms with Crippen molar-refractivity contribution >= 4 is 5.82 Å². The van der Waals surface area contributed by atoms with Gasteiger partial charge in [0.05, 0.1) is 46.9 Å². The van der Waals surface area contributed by atoms with Gasteiger partial charge >= 0.3 is 0 Å². The molecule has 0 aromatic carbocycles. The van der Waals surface area contributed by atoms with Crippen LogP contribution in [-0.4, -0.2) is 45.6 Å². The largest absolute Gasteiger partial charge is 0.389 e. The molecule has 5 rings (SSSR count). The molecule has 1 fully saturated rings. The molecule has 4 aromatic heterocycles. The average molecular weight is 461 g/mol. The van der Waals surface area contributed by atoms with E-state index in [4.69, 9.17) is 15.2 Å². The van der Waals surface area contributed by atoms with Crippen molar-refractivity contribution in [2.45, 2.75) is 58.1 Å². The molecule has 34 heavy (non-hydrogen) atoms. The molecule has 10 heteroatoms. The van der Waals surface area contributed by atoms with E-state index in [2.05, 4.69) is 38.2 Å². The molecule has 4 aromatic rings. The Morgan fingerprint density at radius 3 is 2.56 bits per heavy atom. The van der Waals surface area contributed by atoms with E-state index in [1.807, 2.05) is 19.2 Å². The highest BCUT2D eigenvalue weighted by atomic mass is 16.5. The van der Waals surface area contributed by atoms with Crippen molar-refractivity contribution in [2.24, 2.45) is 5.92 Å². The lowest BCUT2D eigenvalue weighted by molar-refractivity contribution is 0.0577. The molecule has 0 radical (unpaired) electrons. The number of aryl methyl sites for hydroxylation is 1. The van der Waals surface area contributed by atoms with E-state index in [1.54, 1.807) is 30.9 Å². The van der Waals surface area contributed by atoms with Crippen LogP contribution in [0.2, 0.25) is 0 Å². The summed E-state index contributed by atoms with van der Waals surface area (Å²) >= 11 is 0. The minimum absolute atomic E-state index is 0.365. The molecule has 0 bridgehead atoms. The van der Waals surface area contributed by atoms with Crippen LogP contribution in [0.4, 0.5) is 5.82 Å². The van der Waals surface area contributed by atoms with Gasteiger partial charge in [0.15, 0.2) is 5.82 Å². The zero-order valence-corrected chi connectivity index (χ0v) is 19.7. The summed E-state index contributed by atoms with van der Waals surface area (Å²) in [6.45, 7) is 7.85. The van der Waals surface area contributed by atoms with Crippen LogP contribution in [0, 0.1) is 12.8 Å². The summed E-state index contributed by atoms with van der Waals surface area (Å²) < 4.78 is 7.30. The Balaban J connectivity index is 1.45. The number of nitrogens with zero attached hydrogens (tertiary/aromatic N) is 7. The summed E-state index contributed by atoms with van der Waals surface area (Å²) in [5.74, 6) is 1.82. The lowest BCUT2D eigenvalue weighted by atomic mass is 9.77. The Kier molecular flexibility index (Phi) is 5.20. The predicted octanol–water partition coefficient (Wildman–Crippen LogP) is 3.16. The van der Waals surface area contributed by atoms with E-state index < -0.39 is 11.0 Å². The molecule has 1 saturated carbocycles. The topological polar surface area (TPSA) is 142 Å². The lowest BCUT2D eigenvalue weighted by Gasteiger charge is -2.26. The van der Waals surface area contributed by atoms with Gasteiger partial charge in [0, 0.05) is 12.4 Å². The van der Waals surface area contributed by atoms with Gasteiger partial charge in [0.2, 0.25) is 0 Å². The van der Waals surface area contributed by atoms with Crippen molar-refractivity contribution in [3.8, 4) is 22.8 Å². The quantitative estimate of drug-likeness (QED) is 0.425. The van der Waals surface area contributed by atoms with Gasteiger partial charge in [-0.3, -0.25) is 9.67 Å². The Hall–Kier alpha value is -3.66. The molecule has 1 aliphatic carbocycles. The number of aromatic nitrogens is 7. The fourth-order valence-corrected chi connectivity index (χ4v) is 4.31. The third-order valence-electron chi connectivity index (χ3n) is 6.28. The van der Waals surface area contributed by atoms with Gasteiger partial charge in [-0.05, 0) is 58.1 Å². The van der Waals surface area contributed by atoms with Crippen molar-refractivity contribution < 1.29 is 9.63 Å². The zero-order chi connectivity index (χ0) is 24.1. The van der Waals surface area contributed by atoms with Crippen molar-refractivity contribution in [3.63, 3.8) is 0 Å². The van der Waals surface area contributed by atoms with Gasteiger partial charge in [0.1, 0.15) is 11.5 Å². The van der Waals surface area contributed by atoms with Gasteiger partial charge in [-0.15, -0.1) is 0 Å². The molecule has 10 nitrogen and oxygen atoms in total. The molecular weight excluding hydrogens is 432 g/mol. The number of anilines is 1. The molecule has 1 aliphatic rings. The Bertz CT molecular complexity index is 1320. The van der Waals surface area contributed by atoms with Crippen LogP contribution in [0.1, 0.15) is 50.7 Å². The number of nitrogens with two attached hydrogens (primary N) is 1. The van der Waals surface area contributed by atoms with Crippen LogP contribution in [0.15, 0.2) is 41.4 Å². The summed E-state index contributed by atoms with van der Waals surface area (Å²) in [6.07, 6.45) is 9.06. The van der Waals surface area contributed by atoms with Gasteiger partial charge in [0.25, 0.3) is 5.89 Å². The number of hydrogen-bond donors (Lipinski definition) is 2. The second-order valence-corrected chi connectivity index (χ2v) is 9.80. The van der Waals surface area contributed by atoms with Crippen molar-refractivity contribution in [2.75, 3.05) is 5.73 Å². The smallest absolute Gasteiger partial charge is 0.261 e. The van der Waals surface area contributed by atoms with E-state index in [1.165, 1.54) is 6.20 Å². The van der Waals surface area contributed by atoms with Crippen LogP contribution >= 0.6 is 0 Å². The normalized spacial score (nSPS) is 15.9. The van der Waals surface area contributed by atoms with Crippen LogP contribution in [0.25, 0.3) is 22.8 Å². The summed E-state index contributed by atoms with van der Waals surface area (Å²) in [5.41, 5.74) is 8.34. The van der Waals surface area contributed by atoms with Crippen LogP contribution in [0.3, 0.4) is 0 Å². The van der Waals surface area contributed by atoms with E-state index in [0.717, 1.165) is 29.8 Å². The summed E-state index contributed by atoms with van der Waals surface area (Å²) in [7, 11) is 0. The molecule has 0 aliphatic heterocycles. The fraction of sp³-hybridized carbons (Fsp3) is 0.417. The molecule has 176 valence electrons. The summed E-state index contributed by atoms with van der Waals surface area (Å²) in [4.78, 5) is 18.1. The maximum atomic E-state index is 10.0. The highest BCUT2D eigenvalue weighted by Gasteiger charge is 2.47. The Morgan fingerprint density at radius 1 is 1.12 bits per heavy atom. The van der Waals surface area contributed by atoms with Crippen molar-refractivity contribution in [1.82, 2.24) is 34.9 Å². The zero-order valence-electron chi connectivity index (χ0n) is 19.7. The minimum Gasteiger partial charge on any atom is -0.389 e. The first-order valence-electron chi connectivity index (χ1n) is 11.3. The van der Waals surface area contributed by atoms with E-state index in [0.29, 0.717) is 41.3 Å². The number of hydrogen-bond acceptors (Lipinski definition) is 9. The molecule has 0 spiro atoms. The van der Waals surface area contributed by atoms with E-state index in [9.17, 15) is 5.11 Å². The number of pyridine rings is 1. The lowest BCUT2D eigenvalue weighted by Crippen LogP contribution is -2.28. The predicted molar refractivity (Wildman–Crippen MR) is 125 cm³/mol. The number of aliphatic hydroxyl groups is 1. The van der Waals surface area contributed by atoms with Crippen molar-refractivity contribution in [3.05, 3.63) is 54.0 Å². The molecular formula is C24H28N8O2. The third kappa shape index (κ3) is 4.16. The third-order valence-corrected chi connectivity index (χ3v) is 6.28. The first-order valence-corrected chi connectivity index (χ1v) is 11.3. The number of rotatable bonds is 7. The molecule has 1 atom stereocenters. The molecule has 3 N–H and O–H groups in total. The van der Waals surface area contributed by atoms with Crippen LogP contribution < -0.4 is 5.73 Å². The highest BCUT2D eigenvalue weighted by Crippen LogP contribution is 2.50. The monoisotopic (exact) mass is 460 g/mol. The maximum Gasteiger partial charge on any atom is 0.261 e. The average Bonchev–Trinajstić information content (AvgIpc) is 3.34. The molecule has 0 unspecified atom stereocenters.